The Morgan fingerprint density at radius 2 is 1.53 bits per heavy atom. The van der Waals surface area contributed by atoms with Crippen molar-refractivity contribution in [2.75, 3.05) is 6.54 Å². The molecule has 3 heteroatoms. The predicted octanol–water partition coefficient (Wildman–Crippen LogP) is 5.16. The van der Waals surface area contributed by atoms with E-state index in [0.29, 0.717) is 12.3 Å². The van der Waals surface area contributed by atoms with E-state index in [1.807, 2.05) is 66.7 Å². The van der Waals surface area contributed by atoms with Gasteiger partial charge in [0.1, 0.15) is 11.4 Å². The molecule has 1 atom stereocenters. The van der Waals surface area contributed by atoms with Crippen molar-refractivity contribution >= 4 is 0 Å². The predicted molar refractivity (Wildman–Crippen MR) is 122 cm³/mol. The fraction of sp³-hybridized carbons (Fsp3) is 0.333. The van der Waals surface area contributed by atoms with Gasteiger partial charge in [-0.15, -0.1) is 0 Å². The molecule has 0 saturated carbocycles. The van der Waals surface area contributed by atoms with E-state index in [9.17, 15) is 10.2 Å². The highest BCUT2D eigenvalue weighted by atomic mass is 16.3. The van der Waals surface area contributed by atoms with Crippen LogP contribution in [-0.2, 0) is 18.6 Å². The molecule has 3 nitrogen and oxygen atoms in total. The Morgan fingerprint density at radius 1 is 0.933 bits per heavy atom. The first-order chi connectivity index (χ1) is 14.5. The van der Waals surface area contributed by atoms with Crippen LogP contribution in [0.15, 0.2) is 72.8 Å². The fourth-order valence-corrected chi connectivity index (χ4v) is 4.95. The number of rotatable bonds is 6. The second-order valence-corrected chi connectivity index (χ2v) is 8.39. The van der Waals surface area contributed by atoms with Gasteiger partial charge < -0.3 is 10.2 Å². The number of phenols is 1. The largest absolute Gasteiger partial charge is 0.508 e. The summed E-state index contributed by atoms with van der Waals surface area (Å²) in [4.78, 5) is 2.33. The van der Waals surface area contributed by atoms with Crippen LogP contribution in [0.5, 0.6) is 5.75 Å². The summed E-state index contributed by atoms with van der Waals surface area (Å²) >= 11 is 0. The number of aryl methyl sites for hydroxylation is 2. The number of likely N-dealkylation sites (tertiary alicyclic amines) is 1. The molecular weight excluding hydrogens is 370 g/mol. The summed E-state index contributed by atoms with van der Waals surface area (Å²) in [6.07, 6.45) is 2.85. The molecule has 0 amide bonds. The molecule has 1 fully saturated rings. The molecule has 0 bridgehead atoms. The molecule has 3 aromatic carbocycles. The van der Waals surface area contributed by atoms with Gasteiger partial charge in [0, 0.05) is 18.2 Å². The van der Waals surface area contributed by atoms with Crippen LogP contribution >= 0.6 is 0 Å². The number of phenolic OH excluding ortho intramolecular Hbond substituents is 1. The Morgan fingerprint density at radius 3 is 2.10 bits per heavy atom. The first-order valence-corrected chi connectivity index (χ1v) is 10.9. The van der Waals surface area contributed by atoms with Gasteiger partial charge >= 0.3 is 0 Å². The molecule has 1 aliphatic rings. The van der Waals surface area contributed by atoms with E-state index in [1.54, 1.807) is 0 Å². The molecular formula is C27H31NO2. The van der Waals surface area contributed by atoms with Crippen LogP contribution < -0.4 is 0 Å². The highest BCUT2D eigenvalue weighted by Crippen LogP contribution is 2.41. The normalized spacial score (nSPS) is 17.4. The zero-order valence-electron chi connectivity index (χ0n) is 17.9. The van der Waals surface area contributed by atoms with Crippen molar-refractivity contribution in [3.63, 3.8) is 0 Å². The second-order valence-electron chi connectivity index (χ2n) is 8.39. The molecule has 1 heterocycles. The van der Waals surface area contributed by atoms with Gasteiger partial charge in [0.15, 0.2) is 0 Å². The molecule has 2 N–H and O–H groups in total. The molecule has 4 rings (SSSR count). The summed E-state index contributed by atoms with van der Waals surface area (Å²) in [6.45, 7) is 5.75. The second kappa shape index (κ2) is 8.63. The lowest BCUT2D eigenvalue weighted by atomic mass is 9.79. The van der Waals surface area contributed by atoms with Crippen LogP contribution in [0.2, 0.25) is 0 Å². The van der Waals surface area contributed by atoms with E-state index in [-0.39, 0.29) is 6.04 Å². The number of benzene rings is 3. The Bertz CT molecular complexity index is 945. The molecule has 30 heavy (non-hydrogen) atoms. The molecule has 0 aliphatic carbocycles. The van der Waals surface area contributed by atoms with Crippen molar-refractivity contribution in [2.24, 2.45) is 0 Å². The lowest BCUT2D eigenvalue weighted by molar-refractivity contribution is -0.00672. The minimum atomic E-state index is -1.10. The highest BCUT2D eigenvalue weighted by molar-refractivity contribution is 5.42. The van der Waals surface area contributed by atoms with Crippen LogP contribution in [0.25, 0.3) is 0 Å². The summed E-state index contributed by atoms with van der Waals surface area (Å²) < 4.78 is 0. The van der Waals surface area contributed by atoms with Crippen molar-refractivity contribution in [1.82, 2.24) is 4.90 Å². The maximum atomic E-state index is 12.2. The molecule has 0 radical (unpaired) electrons. The lowest BCUT2D eigenvalue weighted by Gasteiger charge is -2.40. The molecule has 0 spiro atoms. The molecule has 0 unspecified atom stereocenters. The third-order valence-corrected chi connectivity index (χ3v) is 6.57. The van der Waals surface area contributed by atoms with E-state index >= 15 is 0 Å². The van der Waals surface area contributed by atoms with Crippen molar-refractivity contribution in [2.45, 2.75) is 51.3 Å². The summed E-state index contributed by atoms with van der Waals surface area (Å²) in [5.41, 5.74) is 4.04. The van der Waals surface area contributed by atoms with Crippen LogP contribution in [0.4, 0.5) is 0 Å². The van der Waals surface area contributed by atoms with Gasteiger partial charge in [-0.25, -0.2) is 0 Å². The SMILES string of the molecule is CCc1cc(O)c(CN2CCC[C@H]2C(O)(c2ccccc2)c2ccccc2)cc1C. The van der Waals surface area contributed by atoms with Gasteiger partial charge in [0.05, 0.1) is 0 Å². The molecule has 0 aromatic heterocycles. The van der Waals surface area contributed by atoms with Gasteiger partial charge in [-0.05, 0) is 61.1 Å². The number of hydrogen-bond donors (Lipinski definition) is 2. The maximum Gasteiger partial charge on any atom is 0.130 e. The average Bonchev–Trinajstić information content (AvgIpc) is 3.25. The Balaban J connectivity index is 1.72. The lowest BCUT2D eigenvalue weighted by Crippen LogP contribution is -2.48. The standard InChI is InChI=1S/C27H31NO2/c1-3-21-18-25(29)22(17-20(21)2)19-28-16-10-15-26(28)27(30,23-11-6-4-7-12-23)24-13-8-5-9-14-24/h4-9,11-14,17-18,26,29-30H,3,10,15-16,19H2,1-2H3/t26-/m0/s1. The van der Waals surface area contributed by atoms with Gasteiger partial charge in [-0.3, -0.25) is 4.90 Å². The highest BCUT2D eigenvalue weighted by Gasteiger charge is 2.45. The molecule has 3 aromatic rings. The van der Waals surface area contributed by atoms with Crippen LogP contribution in [0.3, 0.4) is 0 Å². The molecule has 156 valence electrons. The molecule has 1 saturated heterocycles. The van der Waals surface area contributed by atoms with Gasteiger partial charge in [-0.1, -0.05) is 73.7 Å². The topological polar surface area (TPSA) is 43.7 Å². The van der Waals surface area contributed by atoms with E-state index in [0.717, 1.165) is 42.5 Å². The van der Waals surface area contributed by atoms with E-state index in [2.05, 4.69) is 24.8 Å². The first kappa shape index (κ1) is 20.6. The van der Waals surface area contributed by atoms with E-state index in [4.69, 9.17) is 0 Å². The van der Waals surface area contributed by atoms with E-state index in [1.165, 1.54) is 11.1 Å². The quantitative estimate of drug-likeness (QED) is 0.599. The smallest absolute Gasteiger partial charge is 0.130 e. The Hall–Kier alpha value is -2.62. The van der Waals surface area contributed by atoms with Gasteiger partial charge in [0.2, 0.25) is 0 Å². The Labute approximate surface area is 179 Å². The van der Waals surface area contributed by atoms with Gasteiger partial charge in [0.25, 0.3) is 0 Å². The zero-order valence-corrected chi connectivity index (χ0v) is 17.9. The minimum absolute atomic E-state index is 0.0622. The third-order valence-electron chi connectivity index (χ3n) is 6.57. The Kier molecular flexibility index (Phi) is 5.94. The van der Waals surface area contributed by atoms with Crippen LogP contribution in [0.1, 0.15) is 47.6 Å². The summed E-state index contributed by atoms with van der Waals surface area (Å²) in [5, 5.41) is 22.8. The number of nitrogens with zero attached hydrogens (tertiary/aromatic N) is 1. The van der Waals surface area contributed by atoms with Crippen LogP contribution in [-0.4, -0.2) is 27.7 Å². The maximum absolute atomic E-state index is 12.2. The van der Waals surface area contributed by atoms with Crippen molar-refractivity contribution in [3.05, 3.63) is 101 Å². The average molecular weight is 402 g/mol. The van der Waals surface area contributed by atoms with Gasteiger partial charge in [-0.2, -0.15) is 0 Å². The number of hydrogen-bond acceptors (Lipinski definition) is 3. The number of aliphatic hydroxyl groups is 1. The first-order valence-electron chi connectivity index (χ1n) is 10.9. The summed E-state index contributed by atoms with van der Waals surface area (Å²) in [5.74, 6) is 0.353. The van der Waals surface area contributed by atoms with Crippen LogP contribution in [0, 0.1) is 6.92 Å². The number of aromatic hydroxyl groups is 1. The van der Waals surface area contributed by atoms with E-state index < -0.39 is 5.60 Å². The van der Waals surface area contributed by atoms with Crippen molar-refractivity contribution < 1.29 is 10.2 Å². The summed E-state index contributed by atoms with van der Waals surface area (Å²) in [6, 6.07) is 23.9. The van der Waals surface area contributed by atoms with Crippen molar-refractivity contribution in [1.29, 1.82) is 0 Å². The monoisotopic (exact) mass is 401 g/mol. The minimum Gasteiger partial charge on any atom is -0.508 e. The zero-order chi connectivity index (χ0) is 21.1. The molecule has 1 aliphatic heterocycles. The third kappa shape index (κ3) is 3.76. The van der Waals surface area contributed by atoms with Crippen molar-refractivity contribution in [3.8, 4) is 5.75 Å². The summed E-state index contributed by atoms with van der Waals surface area (Å²) in [7, 11) is 0. The fourth-order valence-electron chi connectivity index (χ4n) is 4.95.